The van der Waals surface area contributed by atoms with E-state index in [4.69, 9.17) is 14.0 Å². The maximum Gasteiger partial charge on any atom is 0.204 e. The van der Waals surface area contributed by atoms with Crippen molar-refractivity contribution in [2.24, 2.45) is 0 Å². The van der Waals surface area contributed by atoms with Crippen LogP contribution in [0.4, 0.5) is 0 Å². The summed E-state index contributed by atoms with van der Waals surface area (Å²) in [4.78, 5) is 0. The van der Waals surface area contributed by atoms with E-state index in [-0.39, 0.29) is 0 Å². The van der Waals surface area contributed by atoms with E-state index in [1.807, 2.05) is 13.8 Å². The van der Waals surface area contributed by atoms with Crippen LogP contribution in [0.1, 0.15) is 11.1 Å². The van der Waals surface area contributed by atoms with Crippen molar-refractivity contribution in [3.05, 3.63) is 15.6 Å². The van der Waals surface area contributed by atoms with Crippen LogP contribution in [0.3, 0.4) is 0 Å². The quantitative estimate of drug-likeness (QED) is 0.801. The highest BCUT2D eigenvalue weighted by atomic mass is 79.9. The Bertz CT molecular complexity index is 348. The fourth-order valence-electron chi connectivity index (χ4n) is 1.50. The Hall–Kier alpha value is -0.470. The van der Waals surface area contributed by atoms with Crippen molar-refractivity contribution in [2.45, 2.75) is 13.8 Å². The highest BCUT2D eigenvalue weighted by Crippen LogP contribution is 2.47. The van der Waals surface area contributed by atoms with Crippen LogP contribution in [0.25, 0.3) is 0 Å². The molecule has 1 aromatic carbocycles. The van der Waals surface area contributed by atoms with Gasteiger partial charge in [-0.15, -0.1) is 0 Å². The van der Waals surface area contributed by atoms with Crippen LogP contribution >= 0.6 is 25.4 Å². The lowest BCUT2D eigenvalue weighted by Crippen LogP contribution is -1.98. The summed E-state index contributed by atoms with van der Waals surface area (Å²) in [6, 6.07) is 0. The molecule has 0 aliphatic carbocycles. The van der Waals surface area contributed by atoms with Crippen LogP contribution in [0, 0.1) is 13.8 Å². The summed E-state index contributed by atoms with van der Waals surface area (Å²) in [5, 5.41) is 0. The number of hydrogen-bond donors (Lipinski definition) is 0. The van der Waals surface area contributed by atoms with E-state index in [1.165, 1.54) is 0 Å². The van der Waals surface area contributed by atoms with E-state index < -0.39 is 0 Å². The van der Waals surface area contributed by atoms with Crippen molar-refractivity contribution in [3.8, 4) is 17.2 Å². The molecule has 0 fully saturated rings. The highest BCUT2D eigenvalue weighted by Gasteiger charge is 2.20. The Kier molecular flexibility index (Phi) is 4.23. The van der Waals surface area contributed by atoms with E-state index in [0.29, 0.717) is 17.2 Å². The van der Waals surface area contributed by atoms with Crippen molar-refractivity contribution >= 4 is 25.4 Å². The topological polar surface area (TPSA) is 27.7 Å². The van der Waals surface area contributed by atoms with Gasteiger partial charge in [0.1, 0.15) is 0 Å². The Labute approximate surface area is 101 Å². The second-order valence-corrected chi connectivity index (χ2v) is 4.11. The largest absolute Gasteiger partial charge is 0.492 e. The molecule has 0 spiro atoms. The second-order valence-electron chi connectivity index (χ2n) is 3.08. The van der Waals surface area contributed by atoms with E-state index >= 15 is 0 Å². The van der Waals surface area contributed by atoms with Crippen LogP contribution in [0.2, 0.25) is 0 Å². The van der Waals surface area contributed by atoms with Gasteiger partial charge in [-0.3, -0.25) is 0 Å². The monoisotopic (exact) mass is 292 g/mol. The minimum absolute atomic E-state index is 0.616. The molecule has 84 valence electrons. The van der Waals surface area contributed by atoms with Gasteiger partial charge in [0.05, 0.1) is 23.7 Å². The van der Waals surface area contributed by atoms with Crippen LogP contribution < -0.4 is 14.0 Å². The third-order valence-electron chi connectivity index (χ3n) is 2.28. The number of ether oxygens (including phenoxy) is 2. The number of benzene rings is 1. The van der Waals surface area contributed by atoms with Gasteiger partial charge >= 0.3 is 0 Å². The summed E-state index contributed by atoms with van der Waals surface area (Å²) in [5.74, 6) is 1.97. The summed E-state index contributed by atoms with van der Waals surface area (Å²) < 4.78 is 16.8. The Morgan fingerprint density at radius 2 is 1.40 bits per heavy atom. The average Bonchev–Trinajstić information content (AvgIpc) is 2.25. The average molecular weight is 293 g/mol. The first-order chi connectivity index (χ1) is 7.08. The molecular weight excluding hydrogens is 279 g/mol. The van der Waals surface area contributed by atoms with Gasteiger partial charge in [-0.25, -0.2) is 0 Å². The first kappa shape index (κ1) is 12.6. The molecule has 0 aliphatic heterocycles. The van der Waals surface area contributed by atoms with Gasteiger partial charge in [-0.05, 0) is 29.8 Å². The van der Waals surface area contributed by atoms with Crippen LogP contribution in [0.15, 0.2) is 4.47 Å². The summed E-state index contributed by atoms with van der Waals surface area (Å²) in [6.07, 6.45) is 0. The smallest absolute Gasteiger partial charge is 0.204 e. The third-order valence-corrected chi connectivity index (χ3v) is 3.70. The summed E-state index contributed by atoms with van der Waals surface area (Å²) in [6.45, 7) is 3.92. The van der Waals surface area contributed by atoms with Crippen molar-refractivity contribution in [1.82, 2.24) is 0 Å². The zero-order chi connectivity index (χ0) is 11.6. The first-order valence-corrected chi connectivity index (χ1v) is 5.62. The van der Waals surface area contributed by atoms with Crippen molar-refractivity contribution in [2.75, 3.05) is 14.2 Å². The Balaban J connectivity index is 3.59. The molecule has 5 heteroatoms. The molecular formula is C10H14BrO3P. The molecule has 0 aromatic heterocycles. The molecule has 1 unspecified atom stereocenters. The van der Waals surface area contributed by atoms with Gasteiger partial charge in [-0.2, -0.15) is 0 Å². The molecule has 1 atom stereocenters. The molecule has 3 nitrogen and oxygen atoms in total. The molecule has 0 amide bonds. The zero-order valence-electron chi connectivity index (χ0n) is 9.18. The van der Waals surface area contributed by atoms with Gasteiger partial charge < -0.3 is 14.0 Å². The molecule has 0 N–H and O–H groups in total. The standard InChI is InChI=1S/C10H14BrO3P/c1-5-7(11)6(2)9(14-15)10(13-4)8(5)12-3/h15H2,1-4H3. The minimum Gasteiger partial charge on any atom is -0.492 e. The maximum absolute atomic E-state index is 5.30. The lowest BCUT2D eigenvalue weighted by atomic mass is 10.1. The van der Waals surface area contributed by atoms with Crippen molar-refractivity contribution < 1.29 is 14.0 Å². The normalized spacial score (nSPS) is 10.0. The van der Waals surface area contributed by atoms with Gasteiger partial charge in [0.15, 0.2) is 11.5 Å². The lowest BCUT2D eigenvalue weighted by Gasteiger charge is -2.18. The van der Waals surface area contributed by atoms with Crippen LogP contribution in [-0.4, -0.2) is 14.2 Å². The van der Waals surface area contributed by atoms with Crippen molar-refractivity contribution in [3.63, 3.8) is 0 Å². The molecule has 0 saturated heterocycles. The molecule has 0 radical (unpaired) electrons. The zero-order valence-corrected chi connectivity index (χ0v) is 11.9. The minimum atomic E-state index is 0.616. The third kappa shape index (κ3) is 2.06. The van der Waals surface area contributed by atoms with Crippen LogP contribution in [0.5, 0.6) is 17.2 Å². The number of halogens is 1. The predicted molar refractivity (Wildman–Crippen MR) is 67.1 cm³/mol. The molecule has 1 rings (SSSR count). The molecule has 1 aromatic rings. The summed E-state index contributed by atoms with van der Waals surface area (Å²) in [5.41, 5.74) is 1.98. The fourth-order valence-corrected chi connectivity index (χ4v) is 2.14. The van der Waals surface area contributed by atoms with Gasteiger partial charge in [-0.1, -0.05) is 0 Å². The first-order valence-electron chi connectivity index (χ1n) is 4.35. The summed E-state index contributed by atoms with van der Waals surface area (Å²) >= 11 is 3.50. The second kappa shape index (κ2) is 5.04. The molecule has 0 aliphatic rings. The summed E-state index contributed by atoms with van der Waals surface area (Å²) in [7, 11) is 5.42. The lowest BCUT2D eigenvalue weighted by molar-refractivity contribution is 0.343. The highest BCUT2D eigenvalue weighted by molar-refractivity contribution is 9.10. The number of rotatable bonds is 3. The predicted octanol–water partition coefficient (Wildman–Crippen LogP) is 3.25. The van der Waals surface area contributed by atoms with Gasteiger partial charge in [0.2, 0.25) is 5.75 Å². The maximum atomic E-state index is 5.30. The Morgan fingerprint density at radius 1 is 0.933 bits per heavy atom. The molecule has 15 heavy (non-hydrogen) atoms. The van der Waals surface area contributed by atoms with Crippen molar-refractivity contribution in [1.29, 1.82) is 0 Å². The number of hydrogen-bond acceptors (Lipinski definition) is 3. The molecule has 0 heterocycles. The Morgan fingerprint density at radius 3 is 1.80 bits per heavy atom. The van der Waals surface area contributed by atoms with Crippen LogP contribution in [-0.2, 0) is 0 Å². The molecule has 0 bridgehead atoms. The number of methoxy groups -OCH3 is 2. The van der Waals surface area contributed by atoms with Gasteiger partial charge in [0.25, 0.3) is 0 Å². The van der Waals surface area contributed by atoms with Gasteiger partial charge in [0, 0.05) is 15.6 Å². The van der Waals surface area contributed by atoms with E-state index in [0.717, 1.165) is 15.6 Å². The SMILES string of the molecule is COc1c(C)c(Br)c(C)c(OP)c1OC. The van der Waals surface area contributed by atoms with E-state index in [9.17, 15) is 0 Å². The molecule has 0 saturated carbocycles. The fraction of sp³-hybridized carbons (Fsp3) is 0.400. The van der Waals surface area contributed by atoms with E-state index in [2.05, 4.69) is 25.4 Å². The van der Waals surface area contributed by atoms with E-state index in [1.54, 1.807) is 14.2 Å².